The number of aromatic amines is 1. The van der Waals surface area contributed by atoms with E-state index in [0.29, 0.717) is 11.7 Å². The van der Waals surface area contributed by atoms with Gasteiger partial charge in [0.2, 0.25) is 0 Å². The average Bonchev–Trinajstić information content (AvgIpc) is 3.44. The molecule has 1 aliphatic rings. The molecule has 36 heavy (non-hydrogen) atoms. The molecule has 0 aliphatic heterocycles. The fraction of sp³-hybridized carbons (Fsp3) is 0.385. The highest BCUT2D eigenvalue weighted by molar-refractivity contribution is 6.31. The maximum atomic E-state index is 14.3. The zero-order valence-corrected chi connectivity index (χ0v) is 20.7. The first-order valence-corrected chi connectivity index (χ1v) is 12.3. The van der Waals surface area contributed by atoms with E-state index in [9.17, 15) is 13.2 Å². The van der Waals surface area contributed by atoms with E-state index in [2.05, 4.69) is 24.5 Å². The number of benzene rings is 1. The first-order valence-electron chi connectivity index (χ1n) is 11.9. The summed E-state index contributed by atoms with van der Waals surface area (Å²) in [6.07, 6.45) is 9.32. The molecule has 0 spiro atoms. The molecule has 10 heteroatoms. The predicted octanol–water partition coefficient (Wildman–Crippen LogP) is 6.72. The van der Waals surface area contributed by atoms with E-state index in [4.69, 9.17) is 17.3 Å². The van der Waals surface area contributed by atoms with Crippen molar-refractivity contribution < 1.29 is 17.9 Å². The van der Waals surface area contributed by atoms with Gasteiger partial charge >= 0.3 is 6.61 Å². The van der Waals surface area contributed by atoms with Gasteiger partial charge in [-0.1, -0.05) is 18.5 Å². The Hall–Kier alpha value is -3.04. The van der Waals surface area contributed by atoms with Crippen LogP contribution < -0.4 is 10.5 Å². The lowest BCUT2D eigenvalue weighted by Gasteiger charge is -2.27. The Morgan fingerprint density at radius 2 is 1.94 bits per heavy atom. The fourth-order valence-electron chi connectivity index (χ4n) is 5.26. The van der Waals surface area contributed by atoms with Crippen molar-refractivity contribution in [1.82, 2.24) is 19.7 Å². The van der Waals surface area contributed by atoms with Crippen LogP contribution in [0.4, 0.5) is 13.2 Å². The number of rotatable bonds is 6. The number of fused-ring (bicyclic) bond motifs is 1. The number of H-pyrrole nitrogens is 1. The molecule has 0 amide bonds. The van der Waals surface area contributed by atoms with Crippen LogP contribution in [-0.2, 0) is 0 Å². The lowest BCUT2D eigenvalue weighted by Crippen LogP contribution is -2.28. The maximum absolute atomic E-state index is 14.3. The number of nitrogens with zero attached hydrogens (tertiary/aromatic N) is 3. The Morgan fingerprint density at radius 3 is 2.67 bits per heavy atom. The second-order valence-electron chi connectivity index (χ2n) is 9.39. The molecule has 4 aromatic rings. The number of hydrogen-bond acceptors (Lipinski definition) is 4. The average molecular weight is 518 g/mol. The van der Waals surface area contributed by atoms with Crippen LogP contribution in [0.1, 0.15) is 61.4 Å². The molecule has 5 rings (SSSR count). The minimum Gasteiger partial charge on any atom is -0.434 e. The molecule has 190 valence electrons. The fourth-order valence-corrected chi connectivity index (χ4v) is 5.58. The van der Waals surface area contributed by atoms with Crippen LogP contribution in [0.25, 0.3) is 22.2 Å². The predicted molar refractivity (Wildman–Crippen MR) is 133 cm³/mol. The lowest BCUT2D eigenvalue weighted by molar-refractivity contribution is -0.0505. The van der Waals surface area contributed by atoms with Crippen molar-refractivity contribution in [3.05, 3.63) is 64.5 Å². The van der Waals surface area contributed by atoms with Crippen molar-refractivity contribution in [3.8, 4) is 16.9 Å². The number of pyridine rings is 1. The molecule has 1 saturated carbocycles. The molecule has 1 aliphatic carbocycles. The quantitative estimate of drug-likeness (QED) is 0.297. The van der Waals surface area contributed by atoms with Crippen LogP contribution >= 0.6 is 11.6 Å². The number of ether oxygens (including phenoxy) is 1. The maximum Gasteiger partial charge on any atom is 0.387 e. The van der Waals surface area contributed by atoms with Crippen LogP contribution in [0.3, 0.4) is 0 Å². The van der Waals surface area contributed by atoms with Crippen LogP contribution in [0.2, 0.25) is 5.02 Å². The third-order valence-corrected chi connectivity index (χ3v) is 7.60. The number of nitrogens with two attached hydrogens (primary N) is 1. The monoisotopic (exact) mass is 517 g/mol. The van der Waals surface area contributed by atoms with Crippen molar-refractivity contribution in [2.75, 3.05) is 0 Å². The van der Waals surface area contributed by atoms with Crippen molar-refractivity contribution >= 4 is 22.6 Å². The Labute approximate surface area is 211 Å². The molecular formula is C26H27ClF3N5O. The van der Waals surface area contributed by atoms with Gasteiger partial charge in [0.25, 0.3) is 0 Å². The summed E-state index contributed by atoms with van der Waals surface area (Å²) in [4.78, 5) is 7.69. The highest BCUT2D eigenvalue weighted by Crippen LogP contribution is 2.42. The molecule has 1 fully saturated rings. The minimum absolute atomic E-state index is 0.155. The zero-order valence-electron chi connectivity index (χ0n) is 19.9. The van der Waals surface area contributed by atoms with E-state index in [1.807, 2.05) is 19.2 Å². The van der Waals surface area contributed by atoms with E-state index in [-0.39, 0.29) is 22.4 Å². The molecule has 6 nitrogen and oxygen atoms in total. The van der Waals surface area contributed by atoms with Crippen LogP contribution in [0.15, 0.2) is 36.8 Å². The third kappa shape index (κ3) is 4.46. The summed E-state index contributed by atoms with van der Waals surface area (Å²) >= 11 is 6.23. The Kier molecular flexibility index (Phi) is 6.70. The highest BCUT2D eigenvalue weighted by atomic mass is 35.5. The summed E-state index contributed by atoms with van der Waals surface area (Å²) in [5.74, 6) is -1.42. The van der Waals surface area contributed by atoms with Crippen molar-refractivity contribution in [2.45, 2.75) is 64.1 Å². The molecule has 0 saturated heterocycles. The van der Waals surface area contributed by atoms with Crippen LogP contribution in [0.5, 0.6) is 5.75 Å². The largest absolute Gasteiger partial charge is 0.434 e. The number of halogens is 4. The van der Waals surface area contributed by atoms with Gasteiger partial charge in [-0.25, -0.2) is 9.37 Å². The molecular weight excluding hydrogens is 491 g/mol. The number of aromatic nitrogens is 4. The van der Waals surface area contributed by atoms with Gasteiger partial charge in [-0.3, -0.25) is 4.68 Å². The molecule has 3 aromatic heterocycles. The van der Waals surface area contributed by atoms with Gasteiger partial charge in [-0.15, -0.1) is 0 Å². The second-order valence-corrected chi connectivity index (χ2v) is 9.77. The van der Waals surface area contributed by atoms with Crippen molar-refractivity contribution in [1.29, 1.82) is 0 Å². The topological polar surface area (TPSA) is 81.8 Å². The minimum atomic E-state index is -3.06. The van der Waals surface area contributed by atoms with Crippen LogP contribution in [0, 0.1) is 12.7 Å². The summed E-state index contributed by atoms with van der Waals surface area (Å²) in [6, 6.07) is 4.76. The van der Waals surface area contributed by atoms with E-state index < -0.39 is 18.3 Å². The summed E-state index contributed by atoms with van der Waals surface area (Å²) < 4.78 is 47.1. The Morgan fingerprint density at radius 1 is 1.19 bits per heavy atom. The Balaban J connectivity index is 1.53. The summed E-state index contributed by atoms with van der Waals surface area (Å²) in [6.45, 7) is 0.751. The summed E-state index contributed by atoms with van der Waals surface area (Å²) in [5, 5.41) is 5.20. The van der Waals surface area contributed by atoms with Crippen molar-refractivity contribution in [3.63, 3.8) is 0 Å². The highest BCUT2D eigenvalue weighted by Gasteiger charge is 2.26. The number of alkyl halides is 2. The van der Waals surface area contributed by atoms with Gasteiger partial charge in [0.15, 0.2) is 0 Å². The SMILES string of the molecule is Cc1c(-c2cnc3[nH]cc(C(C)c4c(OC(F)F)ccc(F)c4Cl)c3c2)cnn1C1CCC(N)CC1. The van der Waals surface area contributed by atoms with Gasteiger partial charge in [0, 0.05) is 52.1 Å². The lowest BCUT2D eigenvalue weighted by atomic mass is 9.91. The third-order valence-electron chi connectivity index (χ3n) is 7.21. The van der Waals surface area contributed by atoms with Crippen LogP contribution in [-0.4, -0.2) is 32.4 Å². The molecule has 0 radical (unpaired) electrons. The van der Waals surface area contributed by atoms with E-state index in [0.717, 1.165) is 59.5 Å². The molecule has 3 heterocycles. The van der Waals surface area contributed by atoms with Gasteiger partial charge < -0.3 is 15.5 Å². The summed E-state index contributed by atoms with van der Waals surface area (Å²) in [7, 11) is 0. The van der Waals surface area contributed by atoms with Crippen molar-refractivity contribution in [2.24, 2.45) is 5.73 Å². The van der Waals surface area contributed by atoms with E-state index >= 15 is 0 Å². The molecule has 1 unspecified atom stereocenters. The van der Waals surface area contributed by atoms with E-state index in [1.165, 1.54) is 6.07 Å². The first kappa shape index (κ1) is 24.6. The Bertz CT molecular complexity index is 1390. The second kappa shape index (κ2) is 9.78. The van der Waals surface area contributed by atoms with Gasteiger partial charge in [0.1, 0.15) is 17.2 Å². The van der Waals surface area contributed by atoms with Gasteiger partial charge in [-0.2, -0.15) is 13.9 Å². The molecule has 3 N–H and O–H groups in total. The zero-order chi connectivity index (χ0) is 25.6. The normalized spacial score (nSPS) is 19.2. The van der Waals surface area contributed by atoms with E-state index in [1.54, 1.807) is 19.3 Å². The number of hydrogen-bond donors (Lipinski definition) is 2. The smallest absolute Gasteiger partial charge is 0.387 e. The molecule has 0 bridgehead atoms. The van der Waals surface area contributed by atoms with Gasteiger partial charge in [-0.05, 0) is 56.4 Å². The summed E-state index contributed by atoms with van der Waals surface area (Å²) in [5.41, 5.74) is 10.5. The number of nitrogens with one attached hydrogen (secondary N) is 1. The first-order chi connectivity index (χ1) is 17.2. The molecule has 1 atom stereocenters. The van der Waals surface area contributed by atoms with Gasteiger partial charge in [0.05, 0.1) is 17.3 Å². The molecule has 1 aromatic carbocycles. The standard InChI is InChI=1S/C26H27ClF3N5O/c1-13(23-22(36-26(29)30)8-7-21(28)24(23)27)19-11-33-25-18(19)9-15(10-32-25)20-12-34-35(14(20)2)17-5-3-16(31)4-6-17/h7-13,16-17,26H,3-6,31H2,1-2H3,(H,32,33).